The molecule has 0 saturated heterocycles. The zero-order valence-corrected chi connectivity index (χ0v) is 24.7. The van der Waals surface area contributed by atoms with Crippen LogP contribution in [0.3, 0.4) is 0 Å². The van der Waals surface area contributed by atoms with Gasteiger partial charge in [-0.1, -0.05) is 53.3 Å². The van der Waals surface area contributed by atoms with Gasteiger partial charge in [0.15, 0.2) is 17.2 Å². The van der Waals surface area contributed by atoms with Gasteiger partial charge >= 0.3 is 11.9 Å². The van der Waals surface area contributed by atoms with Gasteiger partial charge in [0.05, 0.1) is 45.5 Å². The van der Waals surface area contributed by atoms with Gasteiger partial charge in [-0.2, -0.15) is 0 Å². The highest BCUT2D eigenvalue weighted by atomic mass is 35.5. The molecule has 0 saturated carbocycles. The Labute approximate surface area is 255 Å². The zero-order valence-electron chi connectivity index (χ0n) is 21.7. The lowest BCUT2D eigenvalue weighted by atomic mass is 10.1. The van der Waals surface area contributed by atoms with Gasteiger partial charge in [0.25, 0.3) is 0 Å². The van der Waals surface area contributed by atoms with Gasteiger partial charge in [-0.3, -0.25) is 4.79 Å². The molecule has 0 fully saturated rings. The highest BCUT2D eigenvalue weighted by molar-refractivity contribution is 6.38. The molecule has 4 N–H and O–H groups in total. The van der Waals surface area contributed by atoms with Crippen LogP contribution >= 0.6 is 46.4 Å². The lowest BCUT2D eigenvalue weighted by Crippen LogP contribution is -2.29. The third kappa shape index (κ3) is 8.88. The predicted octanol–water partition coefficient (Wildman–Crippen LogP) is 6.19. The van der Waals surface area contributed by atoms with Crippen molar-refractivity contribution in [2.24, 2.45) is 0 Å². The molecule has 0 aliphatic rings. The van der Waals surface area contributed by atoms with Crippen LogP contribution in [0.4, 0.5) is 0 Å². The first kappa shape index (κ1) is 32.8. The summed E-state index contributed by atoms with van der Waals surface area (Å²) in [5.74, 6) is -1.55. The Balaban J connectivity index is 1.51. The first-order valence-corrected chi connectivity index (χ1v) is 14.0. The lowest BCUT2D eigenvalue weighted by Gasteiger charge is -2.19. The number of aliphatic hydroxyl groups is 2. The molecule has 0 spiro atoms. The Bertz CT molecular complexity index is 1350. The largest absolute Gasteiger partial charge is 0.490 e. The molecule has 0 radical (unpaired) electrons. The van der Waals surface area contributed by atoms with Gasteiger partial charge in [-0.15, -0.1) is 0 Å². The number of ether oxygens (including phenoxy) is 2. The normalized spacial score (nSPS) is 12.7. The van der Waals surface area contributed by atoms with Crippen LogP contribution in [0.15, 0.2) is 28.7 Å². The summed E-state index contributed by atoms with van der Waals surface area (Å²) in [6, 6.07) is 6.07. The number of benzene rings is 2. The molecule has 10 nitrogen and oxygen atoms in total. The van der Waals surface area contributed by atoms with E-state index in [2.05, 4.69) is 4.98 Å². The van der Waals surface area contributed by atoms with Crippen LogP contribution in [0.1, 0.15) is 48.0 Å². The van der Waals surface area contributed by atoms with Gasteiger partial charge in [-0.25, -0.2) is 9.78 Å². The Morgan fingerprint density at radius 1 is 0.878 bits per heavy atom. The number of halogens is 4. The number of aliphatic hydroxyl groups excluding tert-OH is 2. The van der Waals surface area contributed by atoms with E-state index in [0.717, 1.165) is 0 Å². The lowest BCUT2D eigenvalue weighted by molar-refractivity contribution is -0.136. The van der Waals surface area contributed by atoms with E-state index in [1.54, 1.807) is 19.1 Å². The van der Waals surface area contributed by atoms with E-state index in [-0.39, 0.29) is 87.8 Å². The van der Waals surface area contributed by atoms with Crippen LogP contribution in [0, 0.1) is 0 Å². The quantitative estimate of drug-likeness (QED) is 0.149. The molecule has 2 atom stereocenters. The second-order valence-electron chi connectivity index (χ2n) is 8.91. The van der Waals surface area contributed by atoms with E-state index < -0.39 is 24.1 Å². The van der Waals surface area contributed by atoms with Crippen molar-refractivity contribution in [3.63, 3.8) is 0 Å². The number of aromatic nitrogens is 1. The fraction of sp³-hybridized carbons (Fsp3) is 0.370. The predicted molar refractivity (Wildman–Crippen MR) is 153 cm³/mol. The molecule has 41 heavy (non-hydrogen) atoms. The van der Waals surface area contributed by atoms with E-state index in [4.69, 9.17) is 65.4 Å². The standard InChI is InChI=1S/C27H27Cl4NO9/c1-2-21-23(27(37)38)32-26(41-21)14-11-17(30)25(18(31)12-14)40-8-6-20(34)19(33)5-7-39-24-15(28)9-13(10-16(24)29)3-4-22(35)36/h9-12,19-20,33-34H,2-8H2,1H3,(H,35,36)(H,37,38)/t19-,20-/m1/s1. The van der Waals surface area contributed by atoms with Gasteiger partial charge < -0.3 is 34.3 Å². The highest BCUT2D eigenvalue weighted by Crippen LogP contribution is 2.38. The summed E-state index contributed by atoms with van der Waals surface area (Å²) < 4.78 is 16.8. The van der Waals surface area contributed by atoms with E-state index >= 15 is 0 Å². The molecule has 0 aliphatic carbocycles. The monoisotopic (exact) mass is 649 g/mol. The molecule has 0 unspecified atom stereocenters. The first-order valence-electron chi connectivity index (χ1n) is 12.4. The number of carbonyl (C=O) groups is 2. The number of carboxylic acid groups (broad SMARTS) is 2. The molecule has 0 aliphatic heterocycles. The summed E-state index contributed by atoms with van der Waals surface area (Å²) in [5.41, 5.74) is 0.820. The van der Waals surface area contributed by atoms with Crippen molar-refractivity contribution in [1.29, 1.82) is 0 Å². The number of hydrogen-bond donors (Lipinski definition) is 4. The molecule has 3 aromatic rings. The molecule has 1 heterocycles. The van der Waals surface area contributed by atoms with Crippen molar-refractivity contribution in [2.45, 2.75) is 51.2 Å². The maximum absolute atomic E-state index is 11.4. The molecule has 1 aromatic heterocycles. The second kappa shape index (κ2) is 14.9. The number of oxazole rings is 1. The fourth-order valence-electron chi connectivity index (χ4n) is 3.80. The summed E-state index contributed by atoms with van der Waals surface area (Å²) in [7, 11) is 0. The summed E-state index contributed by atoms with van der Waals surface area (Å²) in [6.07, 6.45) is -1.69. The van der Waals surface area contributed by atoms with Crippen molar-refractivity contribution in [3.05, 3.63) is 61.4 Å². The van der Waals surface area contributed by atoms with Crippen molar-refractivity contribution in [2.75, 3.05) is 13.2 Å². The minimum atomic E-state index is -1.21. The number of aliphatic carboxylic acids is 1. The summed E-state index contributed by atoms with van der Waals surface area (Å²) in [4.78, 5) is 26.1. The fourth-order valence-corrected chi connectivity index (χ4v) is 5.03. The van der Waals surface area contributed by atoms with Crippen LogP contribution < -0.4 is 9.47 Å². The maximum Gasteiger partial charge on any atom is 0.358 e. The smallest absolute Gasteiger partial charge is 0.358 e. The van der Waals surface area contributed by atoms with Crippen LogP contribution in [-0.4, -0.2) is 62.8 Å². The number of rotatable bonds is 15. The average molecular weight is 651 g/mol. The molecular formula is C27H27Cl4NO9. The Morgan fingerprint density at radius 3 is 1.78 bits per heavy atom. The van der Waals surface area contributed by atoms with Gasteiger partial charge in [-0.05, 0) is 36.2 Å². The van der Waals surface area contributed by atoms with Crippen LogP contribution in [-0.2, 0) is 17.6 Å². The van der Waals surface area contributed by atoms with E-state index in [1.165, 1.54) is 12.1 Å². The van der Waals surface area contributed by atoms with Crippen molar-refractivity contribution < 1.29 is 43.9 Å². The van der Waals surface area contributed by atoms with E-state index in [9.17, 15) is 24.9 Å². The van der Waals surface area contributed by atoms with Crippen LogP contribution in [0.5, 0.6) is 11.5 Å². The number of carboxylic acids is 2. The molecule has 0 amide bonds. The molecule has 0 bridgehead atoms. The minimum absolute atomic E-state index is 0.00370. The Hall–Kier alpha value is -2.73. The maximum atomic E-state index is 11.4. The highest BCUT2D eigenvalue weighted by Gasteiger charge is 2.22. The summed E-state index contributed by atoms with van der Waals surface area (Å²) >= 11 is 25.1. The van der Waals surface area contributed by atoms with Gasteiger partial charge in [0.2, 0.25) is 5.89 Å². The van der Waals surface area contributed by atoms with E-state index in [1.807, 2.05) is 0 Å². The Morgan fingerprint density at radius 2 is 1.37 bits per heavy atom. The molecule has 14 heteroatoms. The van der Waals surface area contributed by atoms with E-state index in [0.29, 0.717) is 17.5 Å². The van der Waals surface area contributed by atoms with Crippen LogP contribution in [0.2, 0.25) is 20.1 Å². The molecule has 2 aromatic carbocycles. The first-order chi connectivity index (χ1) is 19.4. The average Bonchev–Trinajstić information content (AvgIpc) is 3.35. The number of aromatic carboxylic acids is 1. The second-order valence-corrected chi connectivity index (χ2v) is 10.5. The minimum Gasteiger partial charge on any atom is -0.490 e. The SMILES string of the molecule is CCc1oc(-c2cc(Cl)c(OCC[C@@H](O)[C@H](O)CCOc3c(Cl)cc(CCC(=O)O)cc3Cl)c(Cl)c2)nc1C(=O)O. The van der Waals surface area contributed by atoms with Crippen molar-refractivity contribution in [1.82, 2.24) is 4.98 Å². The third-order valence-electron chi connectivity index (χ3n) is 5.92. The van der Waals surface area contributed by atoms with Gasteiger partial charge in [0.1, 0.15) is 5.76 Å². The number of aryl methyl sites for hydroxylation is 2. The number of hydrogen-bond acceptors (Lipinski definition) is 8. The zero-order chi connectivity index (χ0) is 30.3. The molecular weight excluding hydrogens is 624 g/mol. The van der Waals surface area contributed by atoms with Crippen molar-refractivity contribution in [3.8, 4) is 23.0 Å². The summed E-state index contributed by atoms with van der Waals surface area (Å²) in [5, 5.41) is 39.4. The van der Waals surface area contributed by atoms with Crippen molar-refractivity contribution >= 4 is 58.3 Å². The number of nitrogens with zero attached hydrogens (tertiary/aromatic N) is 1. The molecule has 222 valence electrons. The third-order valence-corrected chi connectivity index (χ3v) is 7.04. The summed E-state index contributed by atoms with van der Waals surface area (Å²) in [6.45, 7) is 1.70. The topological polar surface area (TPSA) is 160 Å². The Kier molecular flexibility index (Phi) is 12.0. The van der Waals surface area contributed by atoms with Gasteiger partial charge in [0, 0.05) is 31.2 Å². The van der Waals surface area contributed by atoms with Crippen LogP contribution in [0.25, 0.3) is 11.5 Å². The molecule has 3 rings (SSSR count).